The zero-order valence-electron chi connectivity index (χ0n) is 11.4. The highest BCUT2D eigenvalue weighted by atomic mass is 19.1. The lowest BCUT2D eigenvalue weighted by molar-refractivity contribution is 0.611. The molecule has 1 heterocycles. The number of hydrogen-bond acceptors (Lipinski definition) is 2. The SMILES string of the molecule is C=C(BOc1cccc2cccnc12)c1cccc(F)c1. The van der Waals surface area contributed by atoms with Gasteiger partial charge in [0, 0.05) is 11.6 Å². The van der Waals surface area contributed by atoms with Crippen LogP contribution >= 0.6 is 0 Å². The maximum absolute atomic E-state index is 13.2. The number of aromatic nitrogens is 1. The minimum atomic E-state index is -0.277. The van der Waals surface area contributed by atoms with Crippen LogP contribution in [0.1, 0.15) is 5.56 Å². The molecule has 0 aliphatic rings. The second-order valence-electron chi connectivity index (χ2n) is 4.73. The van der Waals surface area contributed by atoms with Crippen LogP contribution in [0.25, 0.3) is 16.4 Å². The van der Waals surface area contributed by atoms with E-state index < -0.39 is 0 Å². The standard InChI is InChI=1S/C17H13BFNO/c1-12(14-6-2-8-15(19)11-14)18-21-16-9-3-5-13-7-4-10-20-17(13)16/h2-11,18H,1H2. The third-order valence-corrected chi connectivity index (χ3v) is 3.23. The molecule has 102 valence electrons. The van der Waals surface area contributed by atoms with Crippen molar-refractivity contribution >= 4 is 23.9 Å². The van der Waals surface area contributed by atoms with Crippen LogP contribution in [0.3, 0.4) is 0 Å². The van der Waals surface area contributed by atoms with Gasteiger partial charge in [0.25, 0.3) is 0 Å². The number of benzene rings is 2. The van der Waals surface area contributed by atoms with Crippen LogP contribution in [0.4, 0.5) is 4.39 Å². The Hall–Kier alpha value is -2.62. The van der Waals surface area contributed by atoms with Gasteiger partial charge >= 0.3 is 7.48 Å². The molecule has 0 aliphatic carbocycles. The summed E-state index contributed by atoms with van der Waals surface area (Å²) in [6.45, 7) is 3.95. The highest BCUT2D eigenvalue weighted by Gasteiger charge is 2.07. The maximum atomic E-state index is 13.2. The Bertz CT molecular complexity index is 798. The van der Waals surface area contributed by atoms with Crippen LogP contribution in [0, 0.1) is 5.82 Å². The second kappa shape index (κ2) is 5.79. The quantitative estimate of drug-likeness (QED) is 0.677. The minimum Gasteiger partial charge on any atom is -0.558 e. The van der Waals surface area contributed by atoms with Crippen molar-refractivity contribution < 1.29 is 9.04 Å². The van der Waals surface area contributed by atoms with Gasteiger partial charge in [-0.05, 0) is 35.3 Å². The Morgan fingerprint density at radius 2 is 1.90 bits per heavy atom. The van der Waals surface area contributed by atoms with Gasteiger partial charge in [0.05, 0.1) is 0 Å². The van der Waals surface area contributed by atoms with Gasteiger partial charge in [0.15, 0.2) is 0 Å². The van der Waals surface area contributed by atoms with Gasteiger partial charge < -0.3 is 4.65 Å². The third kappa shape index (κ3) is 2.94. The Labute approximate surface area is 123 Å². The summed E-state index contributed by atoms with van der Waals surface area (Å²) in [6.07, 6.45) is 1.73. The first-order chi connectivity index (χ1) is 10.2. The molecule has 0 spiro atoms. The zero-order chi connectivity index (χ0) is 14.7. The number of nitrogens with zero attached hydrogens (tertiary/aromatic N) is 1. The van der Waals surface area contributed by atoms with E-state index in [0.717, 1.165) is 21.9 Å². The third-order valence-electron chi connectivity index (χ3n) is 3.23. The molecule has 0 aliphatic heterocycles. The van der Waals surface area contributed by atoms with Crippen molar-refractivity contribution in [2.75, 3.05) is 0 Å². The Morgan fingerprint density at radius 3 is 2.76 bits per heavy atom. The van der Waals surface area contributed by atoms with Crippen LogP contribution < -0.4 is 4.65 Å². The average molecular weight is 277 g/mol. The van der Waals surface area contributed by atoms with Crippen molar-refractivity contribution in [2.45, 2.75) is 0 Å². The normalized spacial score (nSPS) is 10.3. The van der Waals surface area contributed by atoms with E-state index in [-0.39, 0.29) is 5.82 Å². The van der Waals surface area contributed by atoms with E-state index in [2.05, 4.69) is 11.6 Å². The molecule has 0 radical (unpaired) electrons. The fourth-order valence-corrected chi connectivity index (χ4v) is 2.15. The van der Waals surface area contributed by atoms with Crippen molar-refractivity contribution in [3.8, 4) is 5.75 Å². The van der Waals surface area contributed by atoms with Crippen molar-refractivity contribution in [2.24, 2.45) is 0 Å². The maximum Gasteiger partial charge on any atom is 0.374 e. The summed E-state index contributed by atoms with van der Waals surface area (Å²) in [6, 6.07) is 16.0. The molecule has 0 amide bonds. The fraction of sp³-hybridized carbons (Fsp3) is 0. The Balaban J connectivity index is 1.79. The van der Waals surface area contributed by atoms with E-state index in [1.165, 1.54) is 12.1 Å². The van der Waals surface area contributed by atoms with Crippen molar-refractivity contribution in [1.82, 2.24) is 4.98 Å². The summed E-state index contributed by atoms with van der Waals surface area (Å²) in [7, 11) is 0.291. The van der Waals surface area contributed by atoms with E-state index >= 15 is 0 Å². The molecular formula is C17H13BFNO. The molecule has 0 atom stereocenters. The molecule has 0 unspecified atom stereocenters. The minimum absolute atomic E-state index is 0.277. The van der Waals surface area contributed by atoms with E-state index in [9.17, 15) is 4.39 Å². The first-order valence-corrected chi connectivity index (χ1v) is 6.64. The van der Waals surface area contributed by atoms with Crippen LogP contribution in [0.2, 0.25) is 0 Å². The number of hydrogen-bond donors (Lipinski definition) is 0. The number of halogens is 1. The predicted molar refractivity (Wildman–Crippen MR) is 85.0 cm³/mol. The van der Waals surface area contributed by atoms with Crippen LogP contribution in [-0.4, -0.2) is 12.5 Å². The summed E-state index contributed by atoms with van der Waals surface area (Å²) in [5.41, 5.74) is 2.28. The molecule has 0 N–H and O–H groups in total. The van der Waals surface area contributed by atoms with Gasteiger partial charge in [-0.2, -0.15) is 0 Å². The second-order valence-corrected chi connectivity index (χ2v) is 4.73. The van der Waals surface area contributed by atoms with Gasteiger partial charge in [0.1, 0.15) is 17.1 Å². The van der Waals surface area contributed by atoms with E-state index in [4.69, 9.17) is 4.65 Å². The van der Waals surface area contributed by atoms with Crippen LogP contribution in [0.5, 0.6) is 5.75 Å². The smallest absolute Gasteiger partial charge is 0.374 e. The molecule has 1 aromatic heterocycles. The van der Waals surface area contributed by atoms with Gasteiger partial charge in [0.2, 0.25) is 0 Å². The molecule has 0 saturated carbocycles. The van der Waals surface area contributed by atoms with E-state index in [0.29, 0.717) is 13.2 Å². The van der Waals surface area contributed by atoms with E-state index in [1.807, 2.05) is 36.4 Å². The lowest BCUT2D eigenvalue weighted by atomic mass is 9.83. The molecular weight excluding hydrogens is 264 g/mol. The highest BCUT2D eigenvalue weighted by molar-refractivity contribution is 6.55. The van der Waals surface area contributed by atoms with Crippen LogP contribution in [-0.2, 0) is 0 Å². The summed E-state index contributed by atoms with van der Waals surface area (Å²) in [5, 5.41) is 1.02. The lowest BCUT2D eigenvalue weighted by Crippen LogP contribution is -2.05. The van der Waals surface area contributed by atoms with Crippen molar-refractivity contribution in [3.63, 3.8) is 0 Å². The summed E-state index contributed by atoms with van der Waals surface area (Å²) in [4.78, 5) is 4.33. The summed E-state index contributed by atoms with van der Waals surface area (Å²) >= 11 is 0. The first-order valence-electron chi connectivity index (χ1n) is 6.64. The Kier molecular flexibility index (Phi) is 3.69. The molecule has 21 heavy (non-hydrogen) atoms. The molecule has 3 rings (SSSR count). The number of rotatable bonds is 4. The average Bonchev–Trinajstić information content (AvgIpc) is 2.52. The molecule has 4 heteroatoms. The molecule has 2 aromatic carbocycles. The lowest BCUT2D eigenvalue weighted by Gasteiger charge is -2.10. The summed E-state index contributed by atoms with van der Waals surface area (Å²) in [5.74, 6) is 0.422. The number of para-hydroxylation sites is 1. The summed E-state index contributed by atoms with van der Waals surface area (Å²) < 4.78 is 19.0. The topological polar surface area (TPSA) is 22.1 Å². The van der Waals surface area contributed by atoms with Crippen molar-refractivity contribution in [3.05, 3.63) is 78.8 Å². The molecule has 0 bridgehead atoms. The highest BCUT2D eigenvalue weighted by Crippen LogP contribution is 2.23. The van der Waals surface area contributed by atoms with Crippen LogP contribution in [0.15, 0.2) is 67.4 Å². The predicted octanol–water partition coefficient (Wildman–Crippen LogP) is 3.78. The van der Waals surface area contributed by atoms with Gasteiger partial charge in [-0.1, -0.05) is 30.3 Å². The Morgan fingerprint density at radius 1 is 1.10 bits per heavy atom. The van der Waals surface area contributed by atoms with Gasteiger partial charge in [-0.25, -0.2) is 4.39 Å². The van der Waals surface area contributed by atoms with Gasteiger partial charge in [-0.15, -0.1) is 6.58 Å². The van der Waals surface area contributed by atoms with Gasteiger partial charge in [-0.3, -0.25) is 4.98 Å². The largest absolute Gasteiger partial charge is 0.558 e. The molecule has 0 fully saturated rings. The fourth-order valence-electron chi connectivity index (χ4n) is 2.15. The first kappa shape index (κ1) is 13.4. The van der Waals surface area contributed by atoms with E-state index in [1.54, 1.807) is 12.3 Å². The number of fused-ring (bicyclic) bond motifs is 1. The van der Waals surface area contributed by atoms with Crippen molar-refractivity contribution in [1.29, 1.82) is 0 Å². The molecule has 2 nitrogen and oxygen atoms in total. The zero-order valence-corrected chi connectivity index (χ0v) is 11.4. The molecule has 3 aromatic rings. The number of pyridine rings is 1. The molecule has 0 saturated heterocycles. The monoisotopic (exact) mass is 277 g/mol.